The molecule has 0 fully saturated rings. The number of likely N-dealkylation sites (N-methyl/N-ethyl adjacent to an activating group) is 1. The van der Waals surface area contributed by atoms with Crippen LogP contribution in [0.15, 0.2) is 34.8 Å². The Morgan fingerprint density at radius 3 is 2.65 bits per heavy atom. The number of nitrogens with zero attached hydrogens (tertiary/aromatic N) is 1. The molecule has 3 heteroatoms. The van der Waals surface area contributed by atoms with Gasteiger partial charge in [-0.1, -0.05) is 34.1 Å². The van der Waals surface area contributed by atoms with Gasteiger partial charge in [0, 0.05) is 23.1 Å². The lowest BCUT2D eigenvalue weighted by molar-refractivity contribution is 0.0777. The quantitative estimate of drug-likeness (QED) is 0.774. The molecular formula is C14H18BrNO. The van der Waals surface area contributed by atoms with Crippen LogP contribution in [0.25, 0.3) is 0 Å². The third kappa shape index (κ3) is 3.70. The van der Waals surface area contributed by atoms with Gasteiger partial charge < -0.3 is 4.90 Å². The Labute approximate surface area is 111 Å². The fourth-order valence-corrected chi connectivity index (χ4v) is 2.01. The molecule has 2 nitrogen and oxygen atoms in total. The van der Waals surface area contributed by atoms with Crippen LogP contribution in [-0.4, -0.2) is 23.9 Å². The van der Waals surface area contributed by atoms with Crippen molar-refractivity contribution in [1.29, 1.82) is 0 Å². The smallest absolute Gasteiger partial charge is 0.254 e. The first-order valence-electron chi connectivity index (χ1n) is 5.65. The molecule has 0 heterocycles. The maximum atomic E-state index is 12.3. The summed E-state index contributed by atoms with van der Waals surface area (Å²) in [4.78, 5) is 14.2. The molecule has 0 aromatic heterocycles. The molecule has 1 aromatic carbocycles. The lowest BCUT2D eigenvalue weighted by Gasteiger charge is -2.22. The number of halogens is 1. The summed E-state index contributed by atoms with van der Waals surface area (Å²) < 4.78 is 0.929. The Bertz CT molecular complexity index is 440. The third-order valence-electron chi connectivity index (χ3n) is 2.56. The fourth-order valence-electron chi connectivity index (χ4n) is 1.65. The molecule has 0 unspecified atom stereocenters. The van der Waals surface area contributed by atoms with Crippen molar-refractivity contribution < 1.29 is 4.79 Å². The minimum absolute atomic E-state index is 0.0642. The van der Waals surface area contributed by atoms with Crippen molar-refractivity contribution in [1.82, 2.24) is 4.90 Å². The lowest BCUT2D eigenvalue weighted by Crippen LogP contribution is -2.32. The second-order valence-electron chi connectivity index (χ2n) is 4.24. The molecule has 0 saturated carbocycles. The van der Waals surface area contributed by atoms with E-state index in [1.54, 1.807) is 4.90 Å². The van der Waals surface area contributed by atoms with Crippen molar-refractivity contribution in [3.8, 4) is 0 Å². The van der Waals surface area contributed by atoms with E-state index in [9.17, 15) is 4.79 Å². The summed E-state index contributed by atoms with van der Waals surface area (Å²) in [6, 6.07) is 5.77. The van der Waals surface area contributed by atoms with E-state index >= 15 is 0 Å². The number of hydrogen-bond acceptors (Lipinski definition) is 1. The lowest BCUT2D eigenvalue weighted by atomic mass is 10.1. The maximum Gasteiger partial charge on any atom is 0.254 e. The van der Waals surface area contributed by atoms with Gasteiger partial charge in [0.15, 0.2) is 0 Å². The largest absolute Gasteiger partial charge is 0.335 e. The van der Waals surface area contributed by atoms with Gasteiger partial charge in [-0.3, -0.25) is 4.79 Å². The molecule has 1 aromatic rings. The molecule has 92 valence electrons. The molecule has 1 amide bonds. The third-order valence-corrected chi connectivity index (χ3v) is 3.05. The standard InChI is InChI=1S/C14H18BrNO/c1-5-16(9-10(2)3)14(17)13-8-12(15)7-6-11(13)4/h6-8H,2,5,9H2,1,3-4H3. The van der Waals surface area contributed by atoms with Gasteiger partial charge in [0.2, 0.25) is 0 Å². The minimum Gasteiger partial charge on any atom is -0.335 e. The van der Waals surface area contributed by atoms with E-state index in [2.05, 4.69) is 22.5 Å². The molecule has 17 heavy (non-hydrogen) atoms. The maximum absolute atomic E-state index is 12.3. The van der Waals surface area contributed by atoms with Crippen LogP contribution in [0.4, 0.5) is 0 Å². The Balaban J connectivity index is 3.01. The van der Waals surface area contributed by atoms with Crippen LogP contribution in [0.2, 0.25) is 0 Å². The van der Waals surface area contributed by atoms with E-state index in [4.69, 9.17) is 0 Å². The van der Waals surface area contributed by atoms with E-state index in [-0.39, 0.29) is 5.91 Å². The molecule has 0 aliphatic heterocycles. The number of hydrogen-bond donors (Lipinski definition) is 0. The van der Waals surface area contributed by atoms with Crippen molar-refractivity contribution in [3.05, 3.63) is 46.0 Å². The van der Waals surface area contributed by atoms with Gasteiger partial charge in [-0.05, 0) is 38.5 Å². The molecule has 0 radical (unpaired) electrons. The van der Waals surface area contributed by atoms with E-state index in [0.717, 1.165) is 21.2 Å². The van der Waals surface area contributed by atoms with Crippen LogP contribution < -0.4 is 0 Å². The van der Waals surface area contributed by atoms with Crippen LogP contribution in [0, 0.1) is 6.92 Å². The number of benzene rings is 1. The SMILES string of the molecule is C=C(C)CN(CC)C(=O)c1cc(Br)ccc1C. The number of carbonyl (C=O) groups excluding carboxylic acids is 1. The Hall–Kier alpha value is -1.09. The fraction of sp³-hybridized carbons (Fsp3) is 0.357. The molecule has 0 aliphatic rings. The van der Waals surface area contributed by atoms with Crippen LogP contribution in [-0.2, 0) is 0 Å². The highest BCUT2D eigenvalue weighted by Gasteiger charge is 2.16. The molecule has 0 atom stereocenters. The minimum atomic E-state index is 0.0642. The Morgan fingerprint density at radius 2 is 2.12 bits per heavy atom. The van der Waals surface area contributed by atoms with Crippen molar-refractivity contribution in [3.63, 3.8) is 0 Å². The second-order valence-corrected chi connectivity index (χ2v) is 5.15. The van der Waals surface area contributed by atoms with Gasteiger partial charge in [0.1, 0.15) is 0 Å². The predicted molar refractivity (Wildman–Crippen MR) is 75.3 cm³/mol. The first kappa shape index (κ1) is 14.0. The Morgan fingerprint density at radius 1 is 1.47 bits per heavy atom. The number of carbonyl (C=O) groups is 1. The average molecular weight is 296 g/mol. The molecular weight excluding hydrogens is 278 g/mol. The molecule has 0 N–H and O–H groups in total. The van der Waals surface area contributed by atoms with Crippen molar-refractivity contribution in [2.45, 2.75) is 20.8 Å². The molecule has 0 bridgehead atoms. The Kier molecular flexibility index (Phi) is 4.94. The zero-order valence-electron chi connectivity index (χ0n) is 10.6. The normalized spacial score (nSPS) is 10.1. The summed E-state index contributed by atoms with van der Waals surface area (Å²) in [6.45, 7) is 11.0. The number of rotatable bonds is 4. The summed E-state index contributed by atoms with van der Waals surface area (Å²) in [5.41, 5.74) is 2.74. The predicted octanol–water partition coefficient (Wildman–Crippen LogP) is 3.80. The van der Waals surface area contributed by atoms with Gasteiger partial charge in [-0.25, -0.2) is 0 Å². The zero-order valence-corrected chi connectivity index (χ0v) is 12.2. The first-order valence-corrected chi connectivity index (χ1v) is 6.44. The molecule has 0 spiro atoms. The monoisotopic (exact) mass is 295 g/mol. The van der Waals surface area contributed by atoms with Crippen molar-refractivity contribution >= 4 is 21.8 Å². The van der Waals surface area contributed by atoms with E-state index < -0.39 is 0 Å². The van der Waals surface area contributed by atoms with Gasteiger partial charge in [-0.2, -0.15) is 0 Å². The number of aryl methyl sites for hydroxylation is 1. The summed E-state index contributed by atoms with van der Waals surface area (Å²) in [6.07, 6.45) is 0. The van der Waals surface area contributed by atoms with E-state index in [1.165, 1.54) is 0 Å². The highest BCUT2D eigenvalue weighted by Crippen LogP contribution is 2.18. The summed E-state index contributed by atoms with van der Waals surface area (Å²) >= 11 is 3.40. The van der Waals surface area contributed by atoms with Crippen molar-refractivity contribution in [2.75, 3.05) is 13.1 Å². The summed E-state index contributed by atoms with van der Waals surface area (Å²) in [7, 11) is 0. The topological polar surface area (TPSA) is 20.3 Å². The summed E-state index contributed by atoms with van der Waals surface area (Å²) in [5, 5.41) is 0. The number of amides is 1. The second kappa shape index (κ2) is 6.01. The van der Waals surface area contributed by atoms with Gasteiger partial charge in [-0.15, -0.1) is 0 Å². The van der Waals surface area contributed by atoms with Gasteiger partial charge in [0.05, 0.1) is 0 Å². The van der Waals surface area contributed by atoms with Crippen LogP contribution >= 0.6 is 15.9 Å². The van der Waals surface area contributed by atoms with Crippen molar-refractivity contribution in [2.24, 2.45) is 0 Å². The molecule has 0 aliphatic carbocycles. The van der Waals surface area contributed by atoms with Crippen LogP contribution in [0.1, 0.15) is 29.8 Å². The average Bonchev–Trinajstić information content (AvgIpc) is 2.28. The van der Waals surface area contributed by atoms with E-state index in [1.807, 2.05) is 39.0 Å². The molecule has 1 rings (SSSR count). The van der Waals surface area contributed by atoms with Gasteiger partial charge >= 0.3 is 0 Å². The first-order chi connectivity index (χ1) is 7.95. The molecule has 0 saturated heterocycles. The highest BCUT2D eigenvalue weighted by atomic mass is 79.9. The zero-order chi connectivity index (χ0) is 13.0. The summed E-state index contributed by atoms with van der Waals surface area (Å²) in [5.74, 6) is 0.0642. The van der Waals surface area contributed by atoms with E-state index in [0.29, 0.717) is 13.1 Å². The van der Waals surface area contributed by atoms with Gasteiger partial charge in [0.25, 0.3) is 5.91 Å². The highest BCUT2D eigenvalue weighted by molar-refractivity contribution is 9.10. The van der Waals surface area contributed by atoms with Crippen LogP contribution in [0.3, 0.4) is 0 Å². The van der Waals surface area contributed by atoms with Crippen LogP contribution in [0.5, 0.6) is 0 Å².